The van der Waals surface area contributed by atoms with Crippen molar-refractivity contribution in [1.29, 1.82) is 0 Å². The van der Waals surface area contributed by atoms with Crippen LogP contribution < -0.4 is 5.73 Å². The third kappa shape index (κ3) is 2.43. The molecule has 0 aliphatic carbocycles. The summed E-state index contributed by atoms with van der Waals surface area (Å²) in [6.45, 7) is 0.603. The molecule has 19 heavy (non-hydrogen) atoms. The molecule has 0 bridgehead atoms. The highest BCUT2D eigenvalue weighted by atomic mass is 32.1. The zero-order valence-corrected chi connectivity index (χ0v) is 11.1. The van der Waals surface area contributed by atoms with Crippen LogP contribution in [-0.2, 0) is 6.42 Å². The molecule has 0 spiro atoms. The highest BCUT2D eigenvalue weighted by molar-refractivity contribution is 7.15. The lowest BCUT2D eigenvalue weighted by Crippen LogP contribution is -2.01. The summed E-state index contributed by atoms with van der Waals surface area (Å²) < 4.78 is 5.45. The van der Waals surface area contributed by atoms with Gasteiger partial charge in [-0.1, -0.05) is 0 Å². The Kier molecular flexibility index (Phi) is 3.39. The molecule has 0 amide bonds. The number of thiazole rings is 1. The molecule has 0 radical (unpaired) electrons. The summed E-state index contributed by atoms with van der Waals surface area (Å²) >= 11 is 1.66. The largest absolute Gasteiger partial charge is 0.463 e. The molecule has 0 unspecified atom stereocenters. The van der Waals surface area contributed by atoms with Gasteiger partial charge in [0.2, 0.25) is 0 Å². The first kappa shape index (κ1) is 12.1. The molecule has 3 heterocycles. The maximum Gasteiger partial charge on any atom is 0.153 e. The Morgan fingerprint density at radius 1 is 1.21 bits per heavy atom. The van der Waals surface area contributed by atoms with E-state index in [9.17, 15) is 0 Å². The molecule has 0 saturated carbocycles. The summed E-state index contributed by atoms with van der Waals surface area (Å²) in [6.07, 6.45) is 6.00. The SMILES string of the molecule is NCCc1sc(-c2ccncc2)nc1-c1ccco1. The fraction of sp³-hybridized carbons (Fsp3) is 0.143. The molecule has 0 atom stereocenters. The number of aromatic nitrogens is 2. The lowest BCUT2D eigenvalue weighted by atomic mass is 10.2. The van der Waals surface area contributed by atoms with Crippen LogP contribution in [0.3, 0.4) is 0 Å². The van der Waals surface area contributed by atoms with Crippen LogP contribution in [0.5, 0.6) is 0 Å². The Balaban J connectivity index is 2.07. The van der Waals surface area contributed by atoms with Crippen molar-refractivity contribution >= 4 is 11.3 Å². The van der Waals surface area contributed by atoms with Gasteiger partial charge in [0, 0.05) is 22.8 Å². The van der Waals surface area contributed by atoms with Crippen molar-refractivity contribution in [3.05, 3.63) is 47.8 Å². The van der Waals surface area contributed by atoms with Gasteiger partial charge in [-0.05, 0) is 37.2 Å². The van der Waals surface area contributed by atoms with E-state index in [-0.39, 0.29) is 0 Å². The fourth-order valence-electron chi connectivity index (χ4n) is 1.88. The minimum atomic E-state index is 0.603. The molecule has 4 nitrogen and oxygen atoms in total. The standard InChI is InChI=1S/C14H13N3OS/c15-6-3-12-13(11-2-1-9-18-11)17-14(19-12)10-4-7-16-8-5-10/h1-2,4-5,7-9H,3,6,15H2. The molecule has 2 N–H and O–H groups in total. The number of nitrogens with zero attached hydrogens (tertiary/aromatic N) is 2. The van der Waals surface area contributed by atoms with E-state index in [0.717, 1.165) is 33.3 Å². The smallest absolute Gasteiger partial charge is 0.153 e. The maximum atomic E-state index is 5.67. The topological polar surface area (TPSA) is 64.9 Å². The summed E-state index contributed by atoms with van der Waals surface area (Å²) in [5.74, 6) is 0.792. The predicted octanol–water partition coefficient (Wildman–Crippen LogP) is 2.97. The molecule has 5 heteroatoms. The molecule has 96 valence electrons. The number of furan rings is 1. The summed E-state index contributed by atoms with van der Waals surface area (Å²) in [6, 6.07) is 7.70. The Bertz CT molecular complexity index is 647. The Morgan fingerprint density at radius 3 is 2.74 bits per heavy atom. The number of hydrogen-bond acceptors (Lipinski definition) is 5. The van der Waals surface area contributed by atoms with Crippen LogP contribution in [0.2, 0.25) is 0 Å². The molecule has 0 fully saturated rings. The van der Waals surface area contributed by atoms with E-state index in [1.807, 2.05) is 24.3 Å². The van der Waals surface area contributed by atoms with Gasteiger partial charge in [-0.2, -0.15) is 0 Å². The predicted molar refractivity (Wildman–Crippen MR) is 75.8 cm³/mol. The van der Waals surface area contributed by atoms with Crippen LogP contribution in [-0.4, -0.2) is 16.5 Å². The number of hydrogen-bond donors (Lipinski definition) is 1. The van der Waals surface area contributed by atoms with E-state index < -0.39 is 0 Å². The molecule has 3 rings (SSSR count). The van der Waals surface area contributed by atoms with E-state index in [2.05, 4.69) is 9.97 Å². The van der Waals surface area contributed by atoms with Crippen LogP contribution in [0.15, 0.2) is 47.3 Å². The zero-order valence-electron chi connectivity index (χ0n) is 10.2. The Labute approximate surface area is 114 Å². The van der Waals surface area contributed by atoms with Gasteiger partial charge in [0.1, 0.15) is 10.7 Å². The quantitative estimate of drug-likeness (QED) is 0.792. The van der Waals surface area contributed by atoms with Crippen LogP contribution in [0.25, 0.3) is 22.0 Å². The fourth-order valence-corrected chi connectivity index (χ4v) is 2.96. The second kappa shape index (κ2) is 5.34. The number of nitrogens with two attached hydrogens (primary N) is 1. The van der Waals surface area contributed by atoms with E-state index in [4.69, 9.17) is 10.2 Å². The van der Waals surface area contributed by atoms with E-state index in [0.29, 0.717) is 6.54 Å². The monoisotopic (exact) mass is 271 g/mol. The van der Waals surface area contributed by atoms with Gasteiger partial charge in [0.25, 0.3) is 0 Å². The summed E-state index contributed by atoms with van der Waals surface area (Å²) in [4.78, 5) is 9.86. The minimum Gasteiger partial charge on any atom is -0.463 e. The van der Waals surface area contributed by atoms with Crippen LogP contribution in [0.4, 0.5) is 0 Å². The molecule has 3 aromatic heterocycles. The second-order valence-corrected chi connectivity index (χ2v) is 5.13. The van der Waals surface area contributed by atoms with Crippen molar-refractivity contribution in [3.63, 3.8) is 0 Å². The molecule has 3 aromatic rings. The van der Waals surface area contributed by atoms with Gasteiger partial charge in [-0.3, -0.25) is 4.98 Å². The van der Waals surface area contributed by atoms with Crippen molar-refractivity contribution in [2.24, 2.45) is 5.73 Å². The lowest BCUT2D eigenvalue weighted by molar-refractivity contribution is 0.580. The van der Waals surface area contributed by atoms with Gasteiger partial charge in [0.05, 0.1) is 6.26 Å². The third-order valence-electron chi connectivity index (χ3n) is 2.75. The van der Waals surface area contributed by atoms with Crippen molar-refractivity contribution in [3.8, 4) is 22.0 Å². The molecule has 0 saturated heterocycles. The van der Waals surface area contributed by atoms with E-state index in [1.165, 1.54) is 0 Å². The Hall–Kier alpha value is -1.98. The molecule has 0 aromatic carbocycles. The first-order chi connectivity index (χ1) is 9.38. The van der Waals surface area contributed by atoms with Crippen molar-refractivity contribution in [2.75, 3.05) is 6.54 Å². The summed E-state index contributed by atoms with van der Waals surface area (Å²) in [5.41, 5.74) is 7.63. The molecule has 0 aliphatic rings. The Morgan fingerprint density at radius 2 is 2.05 bits per heavy atom. The van der Waals surface area contributed by atoms with Gasteiger partial charge in [-0.15, -0.1) is 11.3 Å². The molecular formula is C14H13N3OS. The first-order valence-corrected chi connectivity index (χ1v) is 6.84. The van der Waals surface area contributed by atoms with E-state index in [1.54, 1.807) is 30.0 Å². The summed E-state index contributed by atoms with van der Waals surface area (Å²) in [7, 11) is 0. The van der Waals surface area contributed by atoms with E-state index >= 15 is 0 Å². The second-order valence-electron chi connectivity index (χ2n) is 4.04. The number of rotatable bonds is 4. The van der Waals surface area contributed by atoms with Crippen LogP contribution in [0.1, 0.15) is 4.88 Å². The van der Waals surface area contributed by atoms with Crippen LogP contribution >= 0.6 is 11.3 Å². The normalized spacial score (nSPS) is 10.8. The maximum absolute atomic E-state index is 5.67. The average molecular weight is 271 g/mol. The minimum absolute atomic E-state index is 0.603. The first-order valence-electron chi connectivity index (χ1n) is 6.02. The lowest BCUT2D eigenvalue weighted by Gasteiger charge is -1.95. The third-order valence-corrected chi connectivity index (χ3v) is 3.91. The average Bonchev–Trinajstić information content (AvgIpc) is 3.09. The number of pyridine rings is 1. The van der Waals surface area contributed by atoms with Crippen LogP contribution in [0, 0.1) is 0 Å². The van der Waals surface area contributed by atoms with Gasteiger partial charge < -0.3 is 10.2 Å². The van der Waals surface area contributed by atoms with Crippen molar-refractivity contribution in [2.45, 2.75) is 6.42 Å². The van der Waals surface area contributed by atoms with Gasteiger partial charge in [-0.25, -0.2) is 4.98 Å². The van der Waals surface area contributed by atoms with Gasteiger partial charge in [0.15, 0.2) is 5.76 Å². The highest BCUT2D eigenvalue weighted by Crippen LogP contribution is 2.33. The summed E-state index contributed by atoms with van der Waals surface area (Å²) in [5, 5.41) is 0.970. The van der Waals surface area contributed by atoms with Gasteiger partial charge >= 0.3 is 0 Å². The molecule has 0 aliphatic heterocycles. The van der Waals surface area contributed by atoms with Crippen molar-refractivity contribution < 1.29 is 4.42 Å². The van der Waals surface area contributed by atoms with Crippen molar-refractivity contribution in [1.82, 2.24) is 9.97 Å². The molecular weight excluding hydrogens is 258 g/mol. The highest BCUT2D eigenvalue weighted by Gasteiger charge is 2.15. The zero-order chi connectivity index (χ0) is 13.1.